The van der Waals surface area contributed by atoms with Crippen LogP contribution in [0.3, 0.4) is 0 Å². The minimum absolute atomic E-state index is 0.238. The predicted octanol–water partition coefficient (Wildman–Crippen LogP) is 2.49. The fourth-order valence-electron chi connectivity index (χ4n) is 2.67. The Hall–Kier alpha value is -1.79. The highest BCUT2D eigenvalue weighted by molar-refractivity contribution is 6.32. The minimum Gasteiger partial charge on any atom is -0.480 e. The van der Waals surface area contributed by atoms with Crippen LogP contribution in [-0.4, -0.2) is 42.3 Å². The lowest BCUT2D eigenvalue weighted by molar-refractivity contribution is -0.146. The number of amides is 1. The fourth-order valence-corrected chi connectivity index (χ4v) is 2.85. The molecular formula is C17H22ClNO5. The van der Waals surface area contributed by atoms with Gasteiger partial charge < -0.3 is 19.9 Å². The van der Waals surface area contributed by atoms with Crippen molar-refractivity contribution in [3.63, 3.8) is 0 Å². The number of carbonyl (C=O) groups excluding carboxylic acids is 1. The molecule has 2 rings (SSSR count). The first-order valence-electron chi connectivity index (χ1n) is 8.05. The highest BCUT2D eigenvalue weighted by Gasteiger charge is 2.33. The van der Waals surface area contributed by atoms with E-state index in [1.165, 1.54) is 0 Å². The number of hydrogen-bond donors (Lipinski definition) is 2. The summed E-state index contributed by atoms with van der Waals surface area (Å²) in [5.74, 6) is -1.37. The molecule has 1 fully saturated rings. The zero-order valence-electron chi connectivity index (χ0n) is 13.5. The van der Waals surface area contributed by atoms with Gasteiger partial charge in [0, 0.05) is 12.5 Å². The Morgan fingerprint density at radius 3 is 2.79 bits per heavy atom. The number of aliphatic carboxylic acids is 1. The van der Waals surface area contributed by atoms with Gasteiger partial charge >= 0.3 is 5.97 Å². The first-order chi connectivity index (χ1) is 11.5. The standard InChI is InChI=1S/C17H22ClNO5/c1-2-13(24-14-8-4-3-7-12(14)18)16(20)19-15(17(21)22)11-6-5-9-23-10-11/h3-4,7-8,11,13,15H,2,5-6,9-10H2,1H3,(H,19,20)(H,21,22). The zero-order chi connectivity index (χ0) is 17.5. The van der Waals surface area contributed by atoms with Crippen LogP contribution in [0.2, 0.25) is 5.02 Å². The van der Waals surface area contributed by atoms with E-state index in [4.69, 9.17) is 21.1 Å². The number of carbonyl (C=O) groups is 2. The number of hydrogen-bond acceptors (Lipinski definition) is 4. The first-order valence-corrected chi connectivity index (χ1v) is 8.42. The smallest absolute Gasteiger partial charge is 0.326 e. The second kappa shape index (κ2) is 8.89. The van der Waals surface area contributed by atoms with Crippen molar-refractivity contribution in [1.82, 2.24) is 5.32 Å². The molecule has 1 heterocycles. The molecule has 1 aromatic carbocycles. The summed E-state index contributed by atoms with van der Waals surface area (Å²) in [4.78, 5) is 24.0. The Morgan fingerprint density at radius 2 is 2.21 bits per heavy atom. The maximum Gasteiger partial charge on any atom is 0.326 e. The molecule has 0 saturated carbocycles. The van der Waals surface area contributed by atoms with Crippen LogP contribution in [0.1, 0.15) is 26.2 Å². The maximum absolute atomic E-state index is 12.5. The van der Waals surface area contributed by atoms with Crippen LogP contribution in [-0.2, 0) is 14.3 Å². The molecule has 3 unspecified atom stereocenters. The van der Waals surface area contributed by atoms with Gasteiger partial charge in [-0.15, -0.1) is 0 Å². The third kappa shape index (κ3) is 4.85. The molecule has 1 aliphatic heterocycles. The molecule has 2 N–H and O–H groups in total. The van der Waals surface area contributed by atoms with Gasteiger partial charge in [0.15, 0.2) is 6.10 Å². The SMILES string of the molecule is CCC(Oc1ccccc1Cl)C(=O)NC(C(=O)O)C1CCCOC1. The summed E-state index contributed by atoms with van der Waals surface area (Å²) < 4.78 is 11.0. The molecule has 1 aromatic rings. The number of nitrogens with one attached hydrogen (secondary N) is 1. The second-order valence-electron chi connectivity index (χ2n) is 5.75. The molecule has 0 aromatic heterocycles. The summed E-state index contributed by atoms with van der Waals surface area (Å²) in [6.45, 7) is 2.75. The van der Waals surface area contributed by atoms with Gasteiger partial charge in [-0.05, 0) is 31.4 Å². The molecule has 7 heteroatoms. The molecule has 3 atom stereocenters. The molecule has 24 heavy (non-hydrogen) atoms. The Balaban J connectivity index is 2.03. The van der Waals surface area contributed by atoms with Crippen molar-refractivity contribution in [2.24, 2.45) is 5.92 Å². The number of halogens is 1. The molecule has 0 radical (unpaired) electrons. The minimum atomic E-state index is -1.06. The van der Waals surface area contributed by atoms with Gasteiger partial charge in [-0.2, -0.15) is 0 Å². The molecule has 0 aliphatic carbocycles. The summed E-state index contributed by atoms with van der Waals surface area (Å²) in [6.07, 6.45) is 1.08. The van der Waals surface area contributed by atoms with Crippen molar-refractivity contribution in [3.8, 4) is 5.75 Å². The Kier molecular flexibility index (Phi) is 6.87. The van der Waals surface area contributed by atoms with Crippen molar-refractivity contribution in [2.75, 3.05) is 13.2 Å². The Labute approximate surface area is 146 Å². The number of rotatable bonds is 7. The first kappa shape index (κ1) is 18.5. The lowest BCUT2D eigenvalue weighted by atomic mass is 9.93. The maximum atomic E-state index is 12.5. The lowest BCUT2D eigenvalue weighted by Gasteiger charge is -2.29. The van der Waals surface area contributed by atoms with Crippen LogP contribution in [0.15, 0.2) is 24.3 Å². The van der Waals surface area contributed by atoms with E-state index < -0.39 is 24.0 Å². The van der Waals surface area contributed by atoms with Crippen LogP contribution in [0.25, 0.3) is 0 Å². The summed E-state index contributed by atoms with van der Waals surface area (Å²) in [6, 6.07) is 5.87. The van der Waals surface area contributed by atoms with Crippen LogP contribution in [0.4, 0.5) is 0 Å². The zero-order valence-corrected chi connectivity index (χ0v) is 14.3. The van der Waals surface area contributed by atoms with Gasteiger partial charge in [0.05, 0.1) is 11.6 Å². The monoisotopic (exact) mass is 355 g/mol. The van der Waals surface area contributed by atoms with Gasteiger partial charge in [-0.1, -0.05) is 30.7 Å². The molecule has 1 saturated heterocycles. The van der Waals surface area contributed by atoms with E-state index in [-0.39, 0.29) is 5.92 Å². The van der Waals surface area contributed by atoms with E-state index >= 15 is 0 Å². The van der Waals surface area contributed by atoms with Crippen molar-refractivity contribution in [2.45, 2.75) is 38.3 Å². The fraction of sp³-hybridized carbons (Fsp3) is 0.529. The second-order valence-corrected chi connectivity index (χ2v) is 6.15. The molecule has 1 amide bonds. The average Bonchev–Trinajstić information content (AvgIpc) is 2.59. The quantitative estimate of drug-likeness (QED) is 0.785. The van der Waals surface area contributed by atoms with E-state index in [0.29, 0.717) is 36.8 Å². The molecule has 0 bridgehead atoms. The number of ether oxygens (including phenoxy) is 2. The van der Waals surface area contributed by atoms with E-state index in [1.54, 1.807) is 31.2 Å². The van der Waals surface area contributed by atoms with Crippen molar-refractivity contribution < 1.29 is 24.2 Å². The molecule has 1 aliphatic rings. The lowest BCUT2D eigenvalue weighted by Crippen LogP contribution is -2.52. The topological polar surface area (TPSA) is 84.9 Å². The highest BCUT2D eigenvalue weighted by Crippen LogP contribution is 2.25. The van der Waals surface area contributed by atoms with E-state index in [1.807, 2.05) is 0 Å². The number of carboxylic acids is 1. The molecule has 6 nitrogen and oxygen atoms in total. The third-order valence-corrected chi connectivity index (χ3v) is 4.31. The van der Waals surface area contributed by atoms with Gasteiger partial charge in [0.2, 0.25) is 0 Å². The van der Waals surface area contributed by atoms with Crippen LogP contribution < -0.4 is 10.1 Å². The average molecular weight is 356 g/mol. The van der Waals surface area contributed by atoms with Gasteiger partial charge in [-0.3, -0.25) is 4.79 Å². The summed E-state index contributed by atoms with van der Waals surface area (Å²) >= 11 is 6.04. The Bertz CT molecular complexity index is 574. The van der Waals surface area contributed by atoms with Crippen molar-refractivity contribution >= 4 is 23.5 Å². The number of benzene rings is 1. The summed E-state index contributed by atoms with van der Waals surface area (Å²) in [7, 11) is 0. The molecular weight excluding hydrogens is 334 g/mol. The van der Waals surface area contributed by atoms with E-state index in [2.05, 4.69) is 5.32 Å². The van der Waals surface area contributed by atoms with Crippen molar-refractivity contribution in [1.29, 1.82) is 0 Å². The number of para-hydroxylation sites is 1. The van der Waals surface area contributed by atoms with E-state index in [0.717, 1.165) is 6.42 Å². The van der Waals surface area contributed by atoms with Gasteiger partial charge in [-0.25, -0.2) is 4.79 Å². The Morgan fingerprint density at radius 1 is 1.46 bits per heavy atom. The normalized spacial score (nSPS) is 20.0. The highest BCUT2D eigenvalue weighted by atomic mass is 35.5. The molecule has 0 spiro atoms. The largest absolute Gasteiger partial charge is 0.480 e. The summed E-state index contributed by atoms with van der Waals surface area (Å²) in [5, 5.41) is 12.4. The van der Waals surface area contributed by atoms with E-state index in [9.17, 15) is 14.7 Å². The van der Waals surface area contributed by atoms with Crippen LogP contribution in [0, 0.1) is 5.92 Å². The molecule has 132 valence electrons. The van der Waals surface area contributed by atoms with Crippen LogP contribution in [0.5, 0.6) is 5.75 Å². The van der Waals surface area contributed by atoms with Gasteiger partial charge in [0.1, 0.15) is 11.8 Å². The van der Waals surface area contributed by atoms with Crippen molar-refractivity contribution in [3.05, 3.63) is 29.3 Å². The van der Waals surface area contributed by atoms with Gasteiger partial charge in [0.25, 0.3) is 5.91 Å². The summed E-state index contributed by atoms with van der Waals surface area (Å²) in [5.41, 5.74) is 0. The third-order valence-electron chi connectivity index (χ3n) is 4.00. The van der Waals surface area contributed by atoms with Crippen LogP contribution >= 0.6 is 11.6 Å². The number of carboxylic acid groups (broad SMARTS) is 1. The predicted molar refractivity (Wildman–Crippen MR) is 89.3 cm³/mol.